The first kappa shape index (κ1) is 16.7. The molecule has 122 valence electrons. The number of hydrazone groups is 1. The Morgan fingerprint density at radius 1 is 1.55 bits per heavy atom. The lowest BCUT2D eigenvalue weighted by atomic mass is 9.99. The predicted molar refractivity (Wildman–Crippen MR) is 84.9 cm³/mol. The number of hydrogen-bond donors (Lipinski definition) is 1. The second-order valence-corrected chi connectivity index (χ2v) is 7.63. The van der Waals surface area contributed by atoms with E-state index >= 15 is 0 Å². The number of amides is 1. The molecule has 1 aliphatic rings. The summed E-state index contributed by atoms with van der Waals surface area (Å²) in [6.07, 6.45) is 4.83. The molecule has 1 aliphatic heterocycles. The number of carbonyl (C=O) groups is 1. The molecule has 0 unspecified atom stereocenters. The fourth-order valence-electron chi connectivity index (χ4n) is 2.45. The molecule has 0 radical (unpaired) electrons. The minimum absolute atomic E-state index is 0.0625. The van der Waals surface area contributed by atoms with Gasteiger partial charge in [0.25, 0.3) is 0 Å². The molecule has 1 aromatic rings. The largest absolute Gasteiger partial charge is 0.350 e. The molecular weight excluding hydrogens is 304 g/mol. The molecule has 1 atom stereocenters. The summed E-state index contributed by atoms with van der Waals surface area (Å²) in [5.41, 5.74) is 3.38. The van der Waals surface area contributed by atoms with Gasteiger partial charge in [0, 0.05) is 26.3 Å². The van der Waals surface area contributed by atoms with Crippen molar-refractivity contribution in [3.05, 3.63) is 24.0 Å². The minimum Gasteiger partial charge on any atom is -0.350 e. The van der Waals surface area contributed by atoms with E-state index in [2.05, 4.69) is 10.5 Å². The molecule has 0 spiro atoms. The smallest absolute Gasteiger partial charge is 0.244 e. The van der Waals surface area contributed by atoms with Crippen molar-refractivity contribution in [1.29, 1.82) is 0 Å². The minimum atomic E-state index is -3.24. The van der Waals surface area contributed by atoms with Gasteiger partial charge in [-0.1, -0.05) is 0 Å². The average molecular weight is 326 g/mol. The maximum absolute atomic E-state index is 12.1. The summed E-state index contributed by atoms with van der Waals surface area (Å²) in [7, 11) is -1.35. The molecule has 1 fully saturated rings. The zero-order valence-corrected chi connectivity index (χ0v) is 13.7. The molecule has 0 saturated carbocycles. The summed E-state index contributed by atoms with van der Waals surface area (Å²) in [5, 5.41) is 3.94. The zero-order valence-electron chi connectivity index (χ0n) is 12.9. The van der Waals surface area contributed by atoms with E-state index in [1.54, 1.807) is 13.1 Å². The highest BCUT2D eigenvalue weighted by Crippen LogP contribution is 2.19. The predicted octanol–water partition coefficient (Wildman–Crippen LogP) is 0.537. The Kier molecular flexibility index (Phi) is 5.36. The van der Waals surface area contributed by atoms with Crippen LogP contribution >= 0.6 is 0 Å². The molecule has 0 bridgehead atoms. The Balaban J connectivity index is 1.92. The van der Waals surface area contributed by atoms with E-state index in [1.807, 2.05) is 29.9 Å². The lowest BCUT2D eigenvalue weighted by Gasteiger charge is -2.30. The average Bonchev–Trinajstić information content (AvgIpc) is 2.92. The Labute approximate surface area is 131 Å². The molecular formula is C14H22N4O3S. The van der Waals surface area contributed by atoms with E-state index in [9.17, 15) is 13.2 Å². The van der Waals surface area contributed by atoms with Crippen molar-refractivity contribution < 1.29 is 13.2 Å². The standard InChI is InChI=1S/C14H22N4O3S/c1-3-22(20,21)18-9-4-6-12(11-18)14(19)16-15-10-13-7-5-8-17(13)2/h5,7-8,10,12H,3-4,6,9,11H2,1-2H3,(H,16,19)/b15-10-/t12-/m0/s1. The number of rotatable bonds is 5. The van der Waals surface area contributed by atoms with Gasteiger partial charge in [-0.15, -0.1) is 0 Å². The highest BCUT2D eigenvalue weighted by atomic mass is 32.2. The lowest BCUT2D eigenvalue weighted by Crippen LogP contribution is -2.45. The Morgan fingerprint density at radius 2 is 2.32 bits per heavy atom. The number of sulfonamides is 1. The second-order valence-electron chi connectivity index (χ2n) is 5.38. The van der Waals surface area contributed by atoms with Crippen LogP contribution in [0.5, 0.6) is 0 Å². The van der Waals surface area contributed by atoms with Crippen molar-refractivity contribution >= 4 is 22.1 Å². The maximum Gasteiger partial charge on any atom is 0.244 e. The van der Waals surface area contributed by atoms with Crippen molar-refractivity contribution in [1.82, 2.24) is 14.3 Å². The first-order chi connectivity index (χ1) is 10.4. The zero-order chi connectivity index (χ0) is 16.2. The molecule has 1 N–H and O–H groups in total. The van der Waals surface area contributed by atoms with Gasteiger partial charge >= 0.3 is 0 Å². The van der Waals surface area contributed by atoms with Gasteiger partial charge in [-0.2, -0.15) is 5.10 Å². The van der Waals surface area contributed by atoms with Crippen LogP contribution < -0.4 is 5.43 Å². The van der Waals surface area contributed by atoms with Crippen molar-refractivity contribution in [3.63, 3.8) is 0 Å². The van der Waals surface area contributed by atoms with Crippen LogP contribution in [0.3, 0.4) is 0 Å². The SMILES string of the molecule is CCS(=O)(=O)N1CCC[C@H](C(=O)N/N=C\c2cccn2C)C1. The van der Waals surface area contributed by atoms with Crippen molar-refractivity contribution in [2.24, 2.45) is 18.1 Å². The van der Waals surface area contributed by atoms with Crippen LogP contribution in [-0.4, -0.2) is 48.3 Å². The van der Waals surface area contributed by atoms with E-state index in [-0.39, 0.29) is 24.1 Å². The summed E-state index contributed by atoms with van der Waals surface area (Å²) >= 11 is 0. The van der Waals surface area contributed by atoms with Crippen molar-refractivity contribution in [3.8, 4) is 0 Å². The molecule has 1 aromatic heterocycles. The Hall–Kier alpha value is -1.67. The van der Waals surface area contributed by atoms with Gasteiger partial charge in [0.2, 0.25) is 15.9 Å². The van der Waals surface area contributed by atoms with Gasteiger partial charge < -0.3 is 4.57 Å². The quantitative estimate of drug-likeness (QED) is 0.633. The second kappa shape index (κ2) is 7.06. The van der Waals surface area contributed by atoms with E-state index in [1.165, 1.54) is 4.31 Å². The summed E-state index contributed by atoms with van der Waals surface area (Å²) in [6, 6.07) is 3.77. The first-order valence-corrected chi connectivity index (χ1v) is 8.97. The van der Waals surface area contributed by atoms with Crippen LogP contribution in [0.4, 0.5) is 0 Å². The van der Waals surface area contributed by atoms with Gasteiger partial charge in [0.15, 0.2) is 0 Å². The van der Waals surface area contributed by atoms with Crippen LogP contribution in [0.25, 0.3) is 0 Å². The number of nitrogens with one attached hydrogen (secondary N) is 1. The van der Waals surface area contributed by atoms with Crippen molar-refractivity contribution in [2.45, 2.75) is 19.8 Å². The third-order valence-corrected chi connectivity index (χ3v) is 5.72. The lowest BCUT2D eigenvalue weighted by molar-refractivity contribution is -0.126. The molecule has 8 heteroatoms. The normalized spacial score (nSPS) is 20.4. The topological polar surface area (TPSA) is 83.8 Å². The van der Waals surface area contributed by atoms with Gasteiger partial charge in [-0.3, -0.25) is 4.79 Å². The fourth-order valence-corrected chi connectivity index (χ4v) is 3.63. The van der Waals surface area contributed by atoms with E-state index in [4.69, 9.17) is 0 Å². The third-order valence-electron chi connectivity index (χ3n) is 3.87. The molecule has 0 aromatic carbocycles. The number of aryl methyl sites for hydroxylation is 1. The van der Waals surface area contributed by atoms with Gasteiger partial charge in [0.05, 0.1) is 23.6 Å². The number of carbonyl (C=O) groups excluding carboxylic acids is 1. The van der Waals surface area contributed by atoms with Crippen LogP contribution in [-0.2, 0) is 21.9 Å². The molecule has 7 nitrogen and oxygen atoms in total. The highest BCUT2D eigenvalue weighted by molar-refractivity contribution is 7.89. The number of nitrogens with zero attached hydrogens (tertiary/aromatic N) is 3. The molecule has 22 heavy (non-hydrogen) atoms. The fraction of sp³-hybridized carbons (Fsp3) is 0.571. The Bertz CT molecular complexity index is 651. The van der Waals surface area contributed by atoms with Gasteiger partial charge in [-0.25, -0.2) is 18.1 Å². The summed E-state index contributed by atoms with van der Waals surface area (Å²) < 4.78 is 27.1. The van der Waals surface area contributed by atoms with E-state index in [0.29, 0.717) is 19.4 Å². The van der Waals surface area contributed by atoms with Crippen LogP contribution in [0.1, 0.15) is 25.5 Å². The summed E-state index contributed by atoms with van der Waals surface area (Å²) in [5.74, 6) is -0.519. The molecule has 0 aliphatic carbocycles. The third kappa shape index (κ3) is 3.95. The summed E-state index contributed by atoms with van der Waals surface area (Å²) in [6.45, 7) is 2.34. The first-order valence-electron chi connectivity index (χ1n) is 7.36. The molecule has 1 amide bonds. The number of piperidine rings is 1. The van der Waals surface area contributed by atoms with Crippen LogP contribution in [0.2, 0.25) is 0 Å². The summed E-state index contributed by atoms with van der Waals surface area (Å²) in [4.78, 5) is 12.1. The monoisotopic (exact) mass is 326 g/mol. The van der Waals surface area contributed by atoms with Gasteiger partial charge in [0.1, 0.15) is 0 Å². The van der Waals surface area contributed by atoms with Gasteiger partial charge in [-0.05, 0) is 31.9 Å². The van der Waals surface area contributed by atoms with Crippen LogP contribution in [0.15, 0.2) is 23.4 Å². The molecule has 2 rings (SSSR count). The number of hydrogen-bond acceptors (Lipinski definition) is 4. The maximum atomic E-state index is 12.1. The Morgan fingerprint density at radius 3 is 2.95 bits per heavy atom. The molecule has 1 saturated heterocycles. The van der Waals surface area contributed by atoms with Crippen molar-refractivity contribution in [2.75, 3.05) is 18.8 Å². The van der Waals surface area contributed by atoms with E-state index in [0.717, 1.165) is 5.69 Å². The van der Waals surface area contributed by atoms with Crippen LogP contribution in [0, 0.1) is 5.92 Å². The highest BCUT2D eigenvalue weighted by Gasteiger charge is 2.31. The van der Waals surface area contributed by atoms with E-state index < -0.39 is 10.0 Å². The molecule has 2 heterocycles. The number of aromatic nitrogens is 1.